The summed E-state index contributed by atoms with van der Waals surface area (Å²) in [5.74, 6) is 5.28. The minimum absolute atomic E-state index is 0.461. The van der Waals surface area contributed by atoms with E-state index in [0.717, 1.165) is 0 Å². The number of hydrogen-bond acceptors (Lipinski definition) is 3. The molecule has 1 heterocycles. The zero-order valence-electron chi connectivity index (χ0n) is 4.54. The molecule has 0 saturated carbocycles. The minimum atomic E-state index is 0.461. The van der Waals surface area contributed by atoms with Gasteiger partial charge in [-0.1, -0.05) is 11.6 Å². The summed E-state index contributed by atoms with van der Waals surface area (Å²) >= 11 is 5.53. The largest absolute Gasteiger partial charge is 0.410 e. The Kier molecular flexibility index (Phi) is 1.87. The molecule has 48 valence electrons. The van der Waals surface area contributed by atoms with Gasteiger partial charge in [0.05, 0.1) is 11.2 Å². The molecule has 0 unspecified atom stereocenters. The maximum absolute atomic E-state index is 5.53. The zero-order valence-corrected chi connectivity index (χ0v) is 5.30. The van der Waals surface area contributed by atoms with Gasteiger partial charge in [0.2, 0.25) is 0 Å². The second kappa shape index (κ2) is 2.66. The van der Waals surface area contributed by atoms with Crippen LogP contribution in [-0.4, -0.2) is 4.98 Å². The molecule has 1 rings (SSSR count). The molecule has 9 heavy (non-hydrogen) atoms. The van der Waals surface area contributed by atoms with E-state index in [0.29, 0.717) is 10.8 Å². The minimum Gasteiger partial charge on any atom is -0.410 e. The Labute approximate surface area is 57.4 Å². The van der Waals surface area contributed by atoms with Gasteiger partial charge in [-0.05, 0) is 0 Å². The first-order chi connectivity index (χ1) is 4.33. The van der Waals surface area contributed by atoms with Gasteiger partial charge >= 0.3 is 0 Å². The molecule has 0 aliphatic rings. The molecule has 0 fully saturated rings. The molecule has 2 N–H and O–H groups in total. The van der Waals surface area contributed by atoms with Crippen LogP contribution in [0.1, 0.15) is 0 Å². The van der Waals surface area contributed by atoms with Gasteiger partial charge in [-0.15, -0.1) is 0 Å². The van der Waals surface area contributed by atoms with E-state index < -0.39 is 0 Å². The fourth-order valence-electron chi connectivity index (χ4n) is 0.457. The fraction of sp³-hybridized carbons (Fsp3) is 0. The monoisotopic (exact) mass is 144 g/mol. The Hall–Kier alpha value is -0.800. The molecule has 0 spiro atoms. The van der Waals surface area contributed by atoms with E-state index in [2.05, 4.69) is 9.82 Å². The van der Waals surface area contributed by atoms with E-state index in [-0.39, 0.29) is 0 Å². The number of rotatable bonds is 1. The Morgan fingerprint density at radius 2 is 2.33 bits per heavy atom. The highest BCUT2D eigenvalue weighted by Crippen LogP contribution is 2.12. The Morgan fingerprint density at radius 3 is 2.78 bits per heavy atom. The van der Waals surface area contributed by atoms with Crippen molar-refractivity contribution < 1.29 is 4.84 Å². The standard InChI is InChI=1S/C5H5ClN2O/c6-4-1-5(9-7)3-8-2-4/h1-3H,7H2. The van der Waals surface area contributed by atoms with Crippen LogP contribution in [0.2, 0.25) is 5.02 Å². The molecule has 4 heteroatoms. The summed E-state index contributed by atoms with van der Waals surface area (Å²) in [6, 6.07) is 1.58. The van der Waals surface area contributed by atoms with Crippen molar-refractivity contribution in [2.75, 3.05) is 0 Å². The number of hydrogen-bond donors (Lipinski definition) is 1. The quantitative estimate of drug-likeness (QED) is 0.598. The highest BCUT2D eigenvalue weighted by molar-refractivity contribution is 6.30. The summed E-state index contributed by atoms with van der Waals surface area (Å²) in [6.45, 7) is 0. The smallest absolute Gasteiger partial charge is 0.166 e. The van der Waals surface area contributed by atoms with Crippen molar-refractivity contribution in [3.63, 3.8) is 0 Å². The van der Waals surface area contributed by atoms with Gasteiger partial charge in [-0.3, -0.25) is 4.98 Å². The van der Waals surface area contributed by atoms with Crippen molar-refractivity contribution in [3.05, 3.63) is 23.5 Å². The van der Waals surface area contributed by atoms with Crippen LogP contribution in [0, 0.1) is 0 Å². The van der Waals surface area contributed by atoms with E-state index >= 15 is 0 Å². The second-order valence-electron chi connectivity index (χ2n) is 1.46. The van der Waals surface area contributed by atoms with Crippen LogP contribution in [0.25, 0.3) is 0 Å². The molecule has 0 aliphatic carbocycles. The summed E-state index contributed by atoms with van der Waals surface area (Å²) in [7, 11) is 0. The number of nitrogens with zero attached hydrogens (tertiary/aromatic N) is 1. The van der Waals surface area contributed by atoms with Gasteiger partial charge in [0.25, 0.3) is 0 Å². The predicted octanol–water partition coefficient (Wildman–Crippen LogP) is 0.988. The van der Waals surface area contributed by atoms with Crippen molar-refractivity contribution in [3.8, 4) is 5.75 Å². The van der Waals surface area contributed by atoms with Crippen LogP contribution in [0.3, 0.4) is 0 Å². The maximum atomic E-state index is 5.53. The molecule has 0 saturated heterocycles. The van der Waals surface area contributed by atoms with Gasteiger partial charge in [0, 0.05) is 12.3 Å². The topological polar surface area (TPSA) is 48.1 Å². The van der Waals surface area contributed by atoms with Crippen LogP contribution in [0.4, 0.5) is 0 Å². The van der Waals surface area contributed by atoms with Crippen LogP contribution >= 0.6 is 11.6 Å². The third kappa shape index (κ3) is 1.55. The molecule has 0 radical (unpaired) electrons. The third-order valence-corrected chi connectivity index (χ3v) is 1.02. The first-order valence-corrected chi connectivity index (χ1v) is 2.68. The summed E-state index contributed by atoms with van der Waals surface area (Å²) in [4.78, 5) is 8.07. The van der Waals surface area contributed by atoms with E-state index in [1.54, 1.807) is 6.07 Å². The molecule has 0 bridgehead atoms. The van der Waals surface area contributed by atoms with Gasteiger partial charge in [-0.2, -0.15) is 5.90 Å². The normalized spacial score (nSPS) is 9.11. The molecule has 1 aromatic heterocycles. The van der Waals surface area contributed by atoms with Gasteiger partial charge in [0.15, 0.2) is 5.75 Å². The van der Waals surface area contributed by atoms with E-state index in [1.165, 1.54) is 12.4 Å². The van der Waals surface area contributed by atoms with Crippen molar-refractivity contribution in [1.29, 1.82) is 0 Å². The molecule has 0 amide bonds. The highest BCUT2D eigenvalue weighted by atomic mass is 35.5. The summed E-state index contributed by atoms with van der Waals surface area (Å²) in [6.07, 6.45) is 2.98. The molecular formula is C5H5ClN2O. The number of aromatic nitrogens is 1. The van der Waals surface area contributed by atoms with Crippen molar-refractivity contribution in [2.45, 2.75) is 0 Å². The van der Waals surface area contributed by atoms with Crippen LogP contribution in [-0.2, 0) is 0 Å². The zero-order chi connectivity index (χ0) is 6.69. The lowest BCUT2D eigenvalue weighted by molar-refractivity contribution is 0.333. The Bertz CT molecular complexity index is 204. The fourth-order valence-corrected chi connectivity index (χ4v) is 0.621. The molecule has 0 atom stereocenters. The number of pyridine rings is 1. The third-order valence-electron chi connectivity index (χ3n) is 0.816. The molecule has 1 aromatic rings. The highest BCUT2D eigenvalue weighted by Gasteiger charge is 1.90. The van der Waals surface area contributed by atoms with Gasteiger partial charge < -0.3 is 4.84 Å². The first kappa shape index (κ1) is 6.32. The SMILES string of the molecule is NOc1cncc(Cl)c1. The van der Waals surface area contributed by atoms with Crippen LogP contribution < -0.4 is 10.7 Å². The Morgan fingerprint density at radius 1 is 1.56 bits per heavy atom. The predicted molar refractivity (Wildman–Crippen MR) is 34.1 cm³/mol. The average molecular weight is 145 g/mol. The molecule has 0 aromatic carbocycles. The van der Waals surface area contributed by atoms with Crippen LogP contribution in [0.15, 0.2) is 18.5 Å². The summed E-state index contributed by atoms with van der Waals surface area (Å²) in [5, 5.41) is 0.512. The van der Waals surface area contributed by atoms with Crippen LogP contribution in [0.5, 0.6) is 5.75 Å². The lowest BCUT2D eigenvalue weighted by atomic mass is 10.5. The summed E-state index contributed by atoms with van der Waals surface area (Å²) in [5.41, 5.74) is 0. The molecule has 0 aliphatic heterocycles. The van der Waals surface area contributed by atoms with Crippen molar-refractivity contribution >= 4 is 11.6 Å². The Balaban J connectivity index is 2.94. The average Bonchev–Trinajstić information content (AvgIpc) is 1.88. The molecular weight excluding hydrogens is 140 g/mol. The van der Waals surface area contributed by atoms with Crippen molar-refractivity contribution in [1.82, 2.24) is 4.98 Å². The molecule has 3 nitrogen and oxygen atoms in total. The van der Waals surface area contributed by atoms with Crippen molar-refractivity contribution in [2.24, 2.45) is 5.90 Å². The lowest BCUT2D eigenvalue weighted by Gasteiger charge is -1.94. The second-order valence-corrected chi connectivity index (χ2v) is 1.89. The lowest BCUT2D eigenvalue weighted by Crippen LogP contribution is -2.01. The van der Waals surface area contributed by atoms with E-state index in [1.807, 2.05) is 0 Å². The van der Waals surface area contributed by atoms with E-state index in [9.17, 15) is 0 Å². The number of halogens is 1. The number of nitrogens with two attached hydrogens (primary N) is 1. The first-order valence-electron chi connectivity index (χ1n) is 2.30. The maximum Gasteiger partial charge on any atom is 0.166 e. The van der Waals surface area contributed by atoms with E-state index in [4.69, 9.17) is 17.5 Å². The van der Waals surface area contributed by atoms with Gasteiger partial charge in [-0.25, -0.2) is 0 Å². The summed E-state index contributed by atoms with van der Waals surface area (Å²) < 4.78 is 0. The van der Waals surface area contributed by atoms with Gasteiger partial charge in [0.1, 0.15) is 0 Å².